The third kappa shape index (κ3) is 9.76. The minimum Gasteiger partial charge on any atom is -0.497 e. The topological polar surface area (TPSA) is 75.2 Å². The maximum absolute atomic E-state index is 12.1. The second kappa shape index (κ2) is 15.3. The fourth-order valence-electron chi connectivity index (χ4n) is 2.90. The van der Waals surface area contributed by atoms with Crippen LogP contribution >= 0.6 is 24.0 Å². The van der Waals surface area contributed by atoms with Crippen LogP contribution in [0.5, 0.6) is 11.5 Å². The summed E-state index contributed by atoms with van der Waals surface area (Å²) >= 11 is 0. The maximum Gasteiger partial charge on any atom is 0.253 e. The number of methoxy groups -OCH3 is 1. The van der Waals surface area contributed by atoms with Crippen molar-refractivity contribution in [2.45, 2.75) is 19.8 Å². The zero-order valence-electron chi connectivity index (χ0n) is 19.4. The molecule has 2 rings (SSSR count). The van der Waals surface area contributed by atoms with Gasteiger partial charge >= 0.3 is 0 Å². The highest BCUT2D eigenvalue weighted by molar-refractivity contribution is 14.0. The summed E-state index contributed by atoms with van der Waals surface area (Å²) in [5.41, 5.74) is 1.82. The van der Waals surface area contributed by atoms with Crippen LogP contribution in [0.3, 0.4) is 0 Å². The van der Waals surface area contributed by atoms with E-state index in [4.69, 9.17) is 9.47 Å². The average molecular weight is 554 g/mol. The van der Waals surface area contributed by atoms with Gasteiger partial charge in [-0.1, -0.05) is 12.1 Å². The van der Waals surface area contributed by atoms with E-state index >= 15 is 0 Å². The third-order valence-electron chi connectivity index (χ3n) is 4.53. The minimum atomic E-state index is 0. The van der Waals surface area contributed by atoms with Gasteiger partial charge in [-0.05, 0) is 55.3 Å². The zero-order valence-corrected chi connectivity index (χ0v) is 21.7. The number of carbonyl (C=O) groups is 1. The van der Waals surface area contributed by atoms with Crippen LogP contribution in [0.15, 0.2) is 53.5 Å². The molecule has 0 spiro atoms. The molecule has 0 saturated heterocycles. The molecule has 8 heteroatoms. The Bertz CT molecular complexity index is 841. The van der Waals surface area contributed by atoms with Crippen LogP contribution in [-0.4, -0.2) is 64.2 Å². The zero-order chi connectivity index (χ0) is 22.5. The van der Waals surface area contributed by atoms with Crippen LogP contribution < -0.4 is 20.1 Å². The molecule has 2 aromatic rings. The number of hydrogen-bond donors (Lipinski definition) is 2. The van der Waals surface area contributed by atoms with E-state index < -0.39 is 0 Å². The van der Waals surface area contributed by atoms with Gasteiger partial charge in [0.1, 0.15) is 11.5 Å². The lowest BCUT2D eigenvalue weighted by atomic mass is 10.1. The van der Waals surface area contributed by atoms with Crippen molar-refractivity contribution in [3.63, 3.8) is 0 Å². The molecule has 0 heterocycles. The molecule has 0 radical (unpaired) electrons. The summed E-state index contributed by atoms with van der Waals surface area (Å²) in [5.74, 6) is 2.44. The number of amides is 1. The molecule has 2 N–H and O–H groups in total. The molecular weight excluding hydrogens is 519 g/mol. The van der Waals surface area contributed by atoms with Crippen molar-refractivity contribution in [1.82, 2.24) is 15.5 Å². The van der Waals surface area contributed by atoms with E-state index in [0.29, 0.717) is 18.7 Å². The lowest BCUT2D eigenvalue weighted by Crippen LogP contribution is -2.38. The van der Waals surface area contributed by atoms with Gasteiger partial charge in [0.2, 0.25) is 0 Å². The van der Waals surface area contributed by atoms with E-state index in [0.717, 1.165) is 49.0 Å². The van der Waals surface area contributed by atoms with Crippen LogP contribution in [0.25, 0.3) is 0 Å². The van der Waals surface area contributed by atoms with Crippen molar-refractivity contribution in [2.24, 2.45) is 4.99 Å². The molecule has 176 valence electrons. The molecule has 0 aliphatic carbocycles. The van der Waals surface area contributed by atoms with Gasteiger partial charge < -0.3 is 25.0 Å². The Hall–Kier alpha value is -2.49. The fourth-order valence-corrected chi connectivity index (χ4v) is 2.90. The minimum absolute atomic E-state index is 0. The third-order valence-corrected chi connectivity index (χ3v) is 4.53. The smallest absolute Gasteiger partial charge is 0.253 e. The van der Waals surface area contributed by atoms with E-state index in [2.05, 4.69) is 15.6 Å². The number of benzene rings is 2. The Morgan fingerprint density at radius 1 is 1.06 bits per heavy atom. The van der Waals surface area contributed by atoms with Crippen molar-refractivity contribution in [2.75, 3.05) is 47.4 Å². The number of hydrogen-bond acceptors (Lipinski definition) is 4. The second-order valence-electron chi connectivity index (χ2n) is 7.21. The molecular formula is C24H35IN4O3. The summed E-state index contributed by atoms with van der Waals surface area (Å²) in [6.07, 6.45) is 1.62. The Kier molecular flexibility index (Phi) is 13.2. The molecule has 0 saturated carbocycles. The highest BCUT2D eigenvalue weighted by Crippen LogP contribution is 2.17. The van der Waals surface area contributed by atoms with Crippen molar-refractivity contribution in [1.29, 1.82) is 0 Å². The predicted molar refractivity (Wildman–Crippen MR) is 141 cm³/mol. The summed E-state index contributed by atoms with van der Waals surface area (Å²) in [6.45, 7) is 4.83. The Morgan fingerprint density at radius 2 is 1.78 bits per heavy atom. The Labute approximate surface area is 208 Å². The number of nitrogens with one attached hydrogen (secondary N) is 2. The fraction of sp³-hybridized carbons (Fsp3) is 0.417. The summed E-state index contributed by atoms with van der Waals surface area (Å²) in [7, 11) is 5.17. The molecule has 0 aliphatic heterocycles. The Balaban J connectivity index is 0.00000512. The SMILES string of the molecule is CCNC(=NCCCOc1ccc(OC)cc1)NCCc1cccc(C(=O)N(C)C)c1.I. The van der Waals surface area contributed by atoms with Gasteiger partial charge in [0, 0.05) is 45.7 Å². The van der Waals surface area contributed by atoms with Gasteiger partial charge in [0.25, 0.3) is 5.91 Å². The first-order valence-corrected chi connectivity index (χ1v) is 10.6. The van der Waals surface area contributed by atoms with Gasteiger partial charge in [0.15, 0.2) is 5.96 Å². The highest BCUT2D eigenvalue weighted by atomic mass is 127. The quantitative estimate of drug-likeness (QED) is 0.192. The standard InChI is InChI=1S/C24H34N4O3.HI/c1-5-25-24(26-15-7-17-31-22-12-10-21(30-4)11-13-22)27-16-14-19-8-6-9-20(18-19)23(29)28(2)3;/h6,8-13,18H,5,7,14-17H2,1-4H3,(H2,25,26,27);1H. The molecule has 32 heavy (non-hydrogen) atoms. The first-order chi connectivity index (χ1) is 15.0. The van der Waals surface area contributed by atoms with E-state index in [1.54, 1.807) is 26.1 Å². The first-order valence-electron chi connectivity index (χ1n) is 10.6. The summed E-state index contributed by atoms with van der Waals surface area (Å²) < 4.78 is 10.9. The van der Waals surface area contributed by atoms with E-state index in [9.17, 15) is 4.79 Å². The average Bonchev–Trinajstić information content (AvgIpc) is 2.78. The predicted octanol–water partition coefficient (Wildman–Crippen LogP) is 3.58. The number of rotatable bonds is 11. The maximum atomic E-state index is 12.1. The van der Waals surface area contributed by atoms with Crippen molar-refractivity contribution >= 4 is 35.8 Å². The molecule has 1 amide bonds. The van der Waals surface area contributed by atoms with E-state index in [1.807, 2.05) is 55.5 Å². The second-order valence-corrected chi connectivity index (χ2v) is 7.21. The van der Waals surface area contributed by atoms with Gasteiger partial charge in [-0.3, -0.25) is 9.79 Å². The highest BCUT2D eigenvalue weighted by Gasteiger charge is 2.08. The summed E-state index contributed by atoms with van der Waals surface area (Å²) in [6, 6.07) is 15.3. The molecule has 2 aromatic carbocycles. The van der Waals surface area contributed by atoms with E-state index in [-0.39, 0.29) is 29.9 Å². The first kappa shape index (κ1) is 27.5. The van der Waals surface area contributed by atoms with Gasteiger partial charge in [-0.2, -0.15) is 0 Å². The number of halogens is 1. The molecule has 7 nitrogen and oxygen atoms in total. The number of guanidine groups is 1. The number of carbonyl (C=O) groups excluding carboxylic acids is 1. The van der Waals surface area contributed by atoms with Gasteiger partial charge in [0.05, 0.1) is 13.7 Å². The molecule has 0 aliphatic rings. The number of aliphatic imine (C=N–C) groups is 1. The van der Waals surface area contributed by atoms with Crippen molar-refractivity contribution < 1.29 is 14.3 Å². The lowest BCUT2D eigenvalue weighted by molar-refractivity contribution is 0.0827. The molecule has 0 atom stereocenters. The summed E-state index contributed by atoms with van der Waals surface area (Å²) in [4.78, 5) is 18.3. The number of ether oxygens (including phenoxy) is 2. The van der Waals surface area contributed by atoms with Crippen molar-refractivity contribution in [3.05, 3.63) is 59.7 Å². The Morgan fingerprint density at radius 3 is 2.44 bits per heavy atom. The van der Waals surface area contributed by atoms with Crippen LogP contribution in [-0.2, 0) is 6.42 Å². The van der Waals surface area contributed by atoms with Crippen LogP contribution in [0.2, 0.25) is 0 Å². The van der Waals surface area contributed by atoms with Crippen molar-refractivity contribution in [3.8, 4) is 11.5 Å². The van der Waals surface area contributed by atoms with Gasteiger partial charge in [-0.15, -0.1) is 24.0 Å². The largest absolute Gasteiger partial charge is 0.497 e. The number of nitrogens with zero attached hydrogens (tertiary/aromatic N) is 2. The lowest BCUT2D eigenvalue weighted by Gasteiger charge is -2.13. The molecule has 0 fully saturated rings. The van der Waals surface area contributed by atoms with Crippen LogP contribution in [0.1, 0.15) is 29.3 Å². The summed E-state index contributed by atoms with van der Waals surface area (Å²) in [5, 5.41) is 6.61. The van der Waals surface area contributed by atoms with Crippen LogP contribution in [0.4, 0.5) is 0 Å². The molecule has 0 aromatic heterocycles. The van der Waals surface area contributed by atoms with E-state index in [1.165, 1.54) is 0 Å². The molecule has 0 bridgehead atoms. The molecule has 0 unspecified atom stereocenters. The monoisotopic (exact) mass is 554 g/mol. The normalized spacial score (nSPS) is 10.7. The van der Waals surface area contributed by atoms with Gasteiger partial charge in [-0.25, -0.2) is 0 Å². The van der Waals surface area contributed by atoms with Crippen LogP contribution in [0, 0.1) is 0 Å².